The second-order valence-electron chi connectivity index (χ2n) is 8.02. The van der Waals surface area contributed by atoms with Crippen molar-refractivity contribution in [2.75, 3.05) is 31.1 Å². The molecule has 0 N–H and O–H groups in total. The molecule has 1 spiro atoms. The van der Waals surface area contributed by atoms with Gasteiger partial charge in [0.05, 0.1) is 17.8 Å². The van der Waals surface area contributed by atoms with E-state index < -0.39 is 5.60 Å². The van der Waals surface area contributed by atoms with Gasteiger partial charge < -0.3 is 9.64 Å². The Hall–Kier alpha value is -2.25. The summed E-state index contributed by atoms with van der Waals surface area (Å²) in [5, 5.41) is 4.52. The summed E-state index contributed by atoms with van der Waals surface area (Å²) < 4.78 is 21.7. The fourth-order valence-electron chi connectivity index (χ4n) is 4.44. The largest absolute Gasteiger partial charge is 0.362 e. The molecule has 1 amide bonds. The zero-order valence-electron chi connectivity index (χ0n) is 16.7. The highest BCUT2D eigenvalue weighted by Crippen LogP contribution is 2.33. The van der Waals surface area contributed by atoms with Crippen LogP contribution in [-0.4, -0.2) is 52.4 Å². The van der Waals surface area contributed by atoms with Gasteiger partial charge in [-0.3, -0.25) is 14.4 Å². The second kappa shape index (κ2) is 7.29. The van der Waals surface area contributed by atoms with Crippen molar-refractivity contribution in [1.29, 1.82) is 0 Å². The summed E-state index contributed by atoms with van der Waals surface area (Å²) in [5.74, 6) is -0.453. The number of benzene rings is 1. The summed E-state index contributed by atoms with van der Waals surface area (Å²) >= 11 is 0. The first-order chi connectivity index (χ1) is 13.4. The van der Waals surface area contributed by atoms with E-state index in [1.54, 1.807) is 17.0 Å². The zero-order chi connectivity index (χ0) is 19.9. The molecule has 28 heavy (non-hydrogen) atoms. The van der Waals surface area contributed by atoms with Crippen molar-refractivity contribution in [1.82, 2.24) is 14.7 Å². The number of anilines is 1. The first-order valence-corrected chi connectivity index (χ1v) is 9.78. The lowest BCUT2D eigenvalue weighted by molar-refractivity contribution is -0.146. The fourth-order valence-corrected chi connectivity index (χ4v) is 4.44. The Kier molecular flexibility index (Phi) is 4.97. The molecule has 0 bridgehead atoms. The predicted octanol–water partition coefficient (Wildman–Crippen LogP) is 2.57. The van der Waals surface area contributed by atoms with E-state index in [1.165, 1.54) is 23.4 Å². The van der Waals surface area contributed by atoms with E-state index >= 15 is 0 Å². The van der Waals surface area contributed by atoms with E-state index in [-0.39, 0.29) is 18.3 Å². The SMILES string of the molecule is Cc1nn(C)c(C)c1CN1CCCC2(C1)CN(c1cccc(F)c1)C(=O)CO2. The number of carbonyl (C=O) groups is 1. The molecule has 3 heterocycles. The van der Waals surface area contributed by atoms with E-state index in [0.717, 1.165) is 38.2 Å². The van der Waals surface area contributed by atoms with Crippen LogP contribution in [-0.2, 0) is 23.1 Å². The molecule has 1 atom stereocenters. The monoisotopic (exact) mass is 386 g/mol. The Morgan fingerprint density at radius 2 is 2.11 bits per heavy atom. The molecule has 0 saturated carbocycles. The molecule has 1 unspecified atom stereocenters. The Labute approximate surface area is 164 Å². The Bertz CT molecular complexity index is 897. The van der Waals surface area contributed by atoms with E-state index in [0.29, 0.717) is 12.2 Å². The number of amides is 1. The summed E-state index contributed by atoms with van der Waals surface area (Å²) in [6.45, 7) is 7.20. The van der Waals surface area contributed by atoms with Crippen LogP contribution in [0.5, 0.6) is 0 Å². The average Bonchev–Trinajstić information content (AvgIpc) is 2.90. The third-order valence-corrected chi connectivity index (χ3v) is 6.03. The molecule has 2 aliphatic rings. The van der Waals surface area contributed by atoms with Crippen LogP contribution in [0.15, 0.2) is 24.3 Å². The minimum absolute atomic E-state index is 0.0370. The number of halogens is 1. The lowest BCUT2D eigenvalue weighted by Gasteiger charge is -2.47. The molecule has 2 fully saturated rings. The third-order valence-electron chi connectivity index (χ3n) is 6.03. The summed E-state index contributed by atoms with van der Waals surface area (Å²) in [6, 6.07) is 6.23. The first-order valence-electron chi connectivity index (χ1n) is 9.78. The minimum Gasteiger partial charge on any atom is -0.362 e. The number of aromatic nitrogens is 2. The van der Waals surface area contributed by atoms with Gasteiger partial charge in [-0.05, 0) is 51.4 Å². The van der Waals surface area contributed by atoms with Crippen molar-refractivity contribution in [2.24, 2.45) is 7.05 Å². The standard InChI is InChI=1S/C21H27FN4O2/c1-15-19(16(2)24(3)23-15)11-25-9-5-8-21(13-25)14-26(20(27)12-28-21)18-7-4-6-17(22)10-18/h4,6-7,10H,5,8-9,11-14H2,1-3H3. The van der Waals surface area contributed by atoms with E-state index in [2.05, 4.69) is 16.9 Å². The number of nitrogens with zero attached hydrogens (tertiary/aromatic N) is 4. The lowest BCUT2D eigenvalue weighted by Crippen LogP contribution is -2.61. The Balaban J connectivity index is 1.53. The molecule has 150 valence electrons. The number of piperidine rings is 1. The molecule has 4 rings (SSSR count). The van der Waals surface area contributed by atoms with Gasteiger partial charge >= 0.3 is 0 Å². The summed E-state index contributed by atoms with van der Waals surface area (Å²) in [7, 11) is 1.97. The van der Waals surface area contributed by atoms with E-state index in [9.17, 15) is 9.18 Å². The molecule has 2 aromatic rings. The van der Waals surface area contributed by atoms with Crippen molar-refractivity contribution < 1.29 is 13.9 Å². The van der Waals surface area contributed by atoms with Gasteiger partial charge in [0.25, 0.3) is 5.91 Å². The Morgan fingerprint density at radius 3 is 2.82 bits per heavy atom. The molecule has 1 aromatic carbocycles. The average molecular weight is 386 g/mol. The van der Waals surface area contributed by atoms with Crippen molar-refractivity contribution in [3.05, 3.63) is 47.0 Å². The molecule has 6 nitrogen and oxygen atoms in total. The molecule has 2 aliphatic heterocycles. The molecule has 2 saturated heterocycles. The number of hydrogen-bond acceptors (Lipinski definition) is 4. The van der Waals surface area contributed by atoms with Gasteiger partial charge in [-0.2, -0.15) is 5.10 Å². The van der Waals surface area contributed by atoms with Crippen molar-refractivity contribution >= 4 is 11.6 Å². The van der Waals surface area contributed by atoms with Gasteiger partial charge in [0.15, 0.2) is 0 Å². The number of carbonyl (C=O) groups excluding carboxylic acids is 1. The molecule has 0 radical (unpaired) electrons. The third kappa shape index (κ3) is 3.56. The minimum atomic E-state index is -0.414. The highest BCUT2D eigenvalue weighted by atomic mass is 19.1. The van der Waals surface area contributed by atoms with Gasteiger partial charge in [-0.25, -0.2) is 4.39 Å². The number of hydrogen-bond donors (Lipinski definition) is 0. The normalized spacial score (nSPS) is 23.6. The number of rotatable bonds is 3. The van der Waals surface area contributed by atoms with Gasteiger partial charge in [0.1, 0.15) is 12.4 Å². The van der Waals surface area contributed by atoms with Crippen molar-refractivity contribution in [2.45, 2.75) is 38.8 Å². The van der Waals surface area contributed by atoms with Crippen LogP contribution >= 0.6 is 0 Å². The van der Waals surface area contributed by atoms with Gasteiger partial charge in [-0.15, -0.1) is 0 Å². The maximum Gasteiger partial charge on any atom is 0.253 e. The molecule has 0 aliphatic carbocycles. The predicted molar refractivity (Wildman–Crippen MR) is 105 cm³/mol. The maximum atomic E-state index is 13.7. The van der Waals surface area contributed by atoms with Crippen LogP contribution in [0.2, 0.25) is 0 Å². The molecule has 7 heteroatoms. The van der Waals surface area contributed by atoms with Crippen LogP contribution in [0.25, 0.3) is 0 Å². The summed E-state index contributed by atoms with van der Waals surface area (Å²) in [6.07, 6.45) is 1.90. The first kappa shape index (κ1) is 19.1. The highest BCUT2D eigenvalue weighted by Gasteiger charge is 2.43. The fraction of sp³-hybridized carbons (Fsp3) is 0.524. The number of ether oxygens (including phenoxy) is 1. The summed E-state index contributed by atoms with van der Waals surface area (Å²) in [4.78, 5) is 16.5. The topological polar surface area (TPSA) is 50.6 Å². The quantitative estimate of drug-likeness (QED) is 0.814. The van der Waals surface area contributed by atoms with Crippen molar-refractivity contribution in [3.8, 4) is 0 Å². The van der Waals surface area contributed by atoms with Gasteiger partial charge in [0.2, 0.25) is 0 Å². The molecular formula is C21H27FN4O2. The van der Waals surface area contributed by atoms with Crippen molar-refractivity contribution in [3.63, 3.8) is 0 Å². The smallest absolute Gasteiger partial charge is 0.253 e. The maximum absolute atomic E-state index is 13.7. The van der Waals surface area contributed by atoms with Crippen LogP contribution in [0.4, 0.5) is 10.1 Å². The van der Waals surface area contributed by atoms with E-state index in [4.69, 9.17) is 4.74 Å². The van der Waals surface area contributed by atoms with Crippen LogP contribution < -0.4 is 4.90 Å². The summed E-state index contributed by atoms with van der Waals surface area (Å²) in [5.41, 5.74) is 3.68. The number of aryl methyl sites for hydroxylation is 2. The number of morpholine rings is 1. The van der Waals surface area contributed by atoms with Crippen LogP contribution in [0, 0.1) is 19.7 Å². The van der Waals surface area contributed by atoms with E-state index in [1.807, 2.05) is 18.7 Å². The second-order valence-corrected chi connectivity index (χ2v) is 8.02. The van der Waals surface area contributed by atoms with Crippen LogP contribution in [0.3, 0.4) is 0 Å². The molecule has 1 aromatic heterocycles. The lowest BCUT2D eigenvalue weighted by atomic mass is 9.90. The van der Waals surface area contributed by atoms with Crippen LogP contribution in [0.1, 0.15) is 29.8 Å². The highest BCUT2D eigenvalue weighted by molar-refractivity contribution is 5.95. The zero-order valence-corrected chi connectivity index (χ0v) is 16.7. The Morgan fingerprint density at radius 1 is 1.29 bits per heavy atom. The number of likely N-dealkylation sites (tertiary alicyclic amines) is 1. The molecular weight excluding hydrogens is 359 g/mol. The van der Waals surface area contributed by atoms with Gasteiger partial charge in [0, 0.05) is 37.1 Å². The van der Waals surface area contributed by atoms with Gasteiger partial charge in [-0.1, -0.05) is 6.07 Å².